The summed E-state index contributed by atoms with van der Waals surface area (Å²) >= 11 is 6.02. The first kappa shape index (κ1) is 19.9. The number of hydrogen-bond acceptors (Lipinski definition) is 5. The van der Waals surface area contributed by atoms with Gasteiger partial charge in [0.1, 0.15) is 5.75 Å². The quantitative estimate of drug-likeness (QED) is 0.613. The largest absolute Gasteiger partial charge is 0.481 e. The Hall–Kier alpha value is -2.86. The van der Waals surface area contributed by atoms with Gasteiger partial charge in [-0.3, -0.25) is 4.79 Å². The highest BCUT2D eigenvalue weighted by atomic mass is 35.5. The van der Waals surface area contributed by atoms with Crippen LogP contribution in [0.1, 0.15) is 23.9 Å². The van der Waals surface area contributed by atoms with E-state index in [1.807, 2.05) is 38.1 Å². The van der Waals surface area contributed by atoms with Crippen LogP contribution in [0.5, 0.6) is 5.75 Å². The fraction of sp³-hybridized carbons (Fsp3) is 0.286. The van der Waals surface area contributed by atoms with Crippen molar-refractivity contribution in [2.45, 2.75) is 33.4 Å². The van der Waals surface area contributed by atoms with E-state index in [0.29, 0.717) is 22.6 Å². The molecule has 3 aromatic rings. The molecule has 6 nitrogen and oxygen atoms in total. The number of aromatic nitrogens is 2. The summed E-state index contributed by atoms with van der Waals surface area (Å²) in [6.07, 6.45) is -0.662. The Morgan fingerprint density at radius 1 is 1.18 bits per heavy atom. The number of ether oxygens (including phenoxy) is 1. The predicted molar refractivity (Wildman–Crippen MR) is 107 cm³/mol. The highest BCUT2D eigenvalue weighted by Gasteiger charge is 2.21. The van der Waals surface area contributed by atoms with Gasteiger partial charge in [-0.1, -0.05) is 29.3 Å². The first-order valence-electron chi connectivity index (χ1n) is 8.90. The van der Waals surface area contributed by atoms with Crippen molar-refractivity contribution in [2.75, 3.05) is 7.05 Å². The van der Waals surface area contributed by atoms with Gasteiger partial charge in [-0.05, 0) is 56.7 Å². The Kier molecular flexibility index (Phi) is 5.99. The Labute approximate surface area is 169 Å². The lowest BCUT2D eigenvalue weighted by Gasteiger charge is -2.21. The number of rotatable bonds is 6. The van der Waals surface area contributed by atoms with E-state index in [4.69, 9.17) is 20.8 Å². The molecule has 1 heterocycles. The number of likely N-dealkylation sites (N-methyl/N-ethyl adjacent to an activating group) is 1. The molecule has 0 N–H and O–H groups in total. The van der Waals surface area contributed by atoms with Gasteiger partial charge in [0, 0.05) is 17.6 Å². The zero-order valence-corrected chi connectivity index (χ0v) is 17.0. The normalized spacial score (nSPS) is 11.9. The number of benzene rings is 2. The third-order valence-corrected chi connectivity index (χ3v) is 4.73. The molecule has 0 bridgehead atoms. The maximum atomic E-state index is 12.6. The van der Waals surface area contributed by atoms with Crippen LogP contribution in [0.4, 0.5) is 0 Å². The van der Waals surface area contributed by atoms with E-state index in [1.54, 1.807) is 32.2 Å². The van der Waals surface area contributed by atoms with Crippen LogP contribution in [0.2, 0.25) is 5.02 Å². The highest BCUT2D eigenvalue weighted by molar-refractivity contribution is 6.31. The molecule has 0 unspecified atom stereocenters. The monoisotopic (exact) mass is 399 g/mol. The zero-order chi connectivity index (χ0) is 20.3. The molecule has 0 spiro atoms. The lowest BCUT2D eigenvalue weighted by molar-refractivity contribution is -0.137. The minimum absolute atomic E-state index is 0.192. The minimum atomic E-state index is -0.662. The molecular weight excluding hydrogens is 378 g/mol. The maximum absolute atomic E-state index is 12.6. The Balaban J connectivity index is 1.62. The van der Waals surface area contributed by atoms with Gasteiger partial charge in [0.05, 0.1) is 6.54 Å². The molecule has 0 aliphatic heterocycles. The van der Waals surface area contributed by atoms with E-state index in [0.717, 1.165) is 16.7 Å². The molecule has 0 radical (unpaired) electrons. The van der Waals surface area contributed by atoms with E-state index in [2.05, 4.69) is 10.2 Å². The minimum Gasteiger partial charge on any atom is -0.481 e. The van der Waals surface area contributed by atoms with Gasteiger partial charge in [-0.25, -0.2) is 0 Å². The number of aryl methyl sites for hydroxylation is 2. The van der Waals surface area contributed by atoms with Crippen LogP contribution in [0.25, 0.3) is 11.5 Å². The Morgan fingerprint density at radius 2 is 1.89 bits per heavy atom. The van der Waals surface area contributed by atoms with Gasteiger partial charge < -0.3 is 14.1 Å². The maximum Gasteiger partial charge on any atom is 0.263 e. The topological polar surface area (TPSA) is 68.5 Å². The summed E-state index contributed by atoms with van der Waals surface area (Å²) in [6, 6.07) is 13.1. The molecule has 1 amide bonds. The van der Waals surface area contributed by atoms with E-state index in [9.17, 15) is 4.79 Å². The molecule has 0 saturated heterocycles. The van der Waals surface area contributed by atoms with E-state index >= 15 is 0 Å². The molecule has 7 heteroatoms. The zero-order valence-electron chi connectivity index (χ0n) is 16.3. The van der Waals surface area contributed by atoms with Crippen LogP contribution in [0.15, 0.2) is 46.9 Å². The summed E-state index contributed by atoms with van der Waals surface area (Å²) in [4.78, 5) is 14.1. The van der Waals surface area contributed by atoms with E-state index < -0.39 is 6.10 Å². The summed E-state index contributed by atoms with van der Waals surface area (Å²) in [5.41, 5.74) is 2.88. The second-order valence-corrected chi connectivity index (χ2v) is 7.14. The molecular formula is C21H22ClN3O3. The van der Waals surface area contributed by atoms with Crippen LogP contribution in [0, 0.1) is 13.8 Å². The van der Waals surface area contributed by atoms with E-state index in [-0.39, 0.29) is 12.5 Å². The van der Waals surface area contributed by atoms with Gasteiger partial charge in [0.2, 0.25) is 11.8 Å². The molecule has 146 valence electrons. The van der Waals surface area contributed by atoms with Crippen LogP contribution >= 0.6 is 11.6 Å². The number of nitrogens with zero attached hydrogens (tertiary/aromatic N) is 3. The summed E-state index contributed by atoms with van der Waals surface area (Å²) in [6.45, 7) is 5.80. The predicted octanol–water partition coefficient (Wildman–Crippen LogP) is 4.43. The van der Waals surface area contributed by atoms with Crippen molar-refractivity contribution in [3.8, 4) is 17.2 Å². The molecule has 0 aliphatic carbocycles. The first-order valence-corrected chi connectivity index (χ1v) is 9.28. The number of carbonyl (C=O) groups excluding carboxylic acids is 1. The number of halogens is 1. The van der Waals surface area contributed by atoms with Crippen molar-refractivity contribution in [1.29, 1.82) is 0 Å². The van der Waals surface area contributed by atoms with Gasteiger partial charge in [-0.15, -0.1) is 10.2 Å². The molecule has 3 rings (SSSR count). The molecule has 0 saturated carbocycles. The van der Waals surface area contributed by atoms with Gasteiger partial charge in [0.25, 0.3) is 5.91 Å². The van der Waals surface area contributed by atoms with E-state index in [1.165, 1.54) is 4.90 Å². The Bertz CT molecular complexity index is 969. The average Bonchev–Trinajstić information content (AvgIpc) is 3.13. The summed E-state index contributed by atoms with van der Waals surface area (Å²) in [5.74, 6) is 1.19. The lowest BCUT2D eigenvalue weighted by atomic mass is 10.1. The number of hydrogen-bond donors (Lipinski definition) is 0. The fourth-order valence-electron chi connectivity index (χ4n) is 2.67. The third-order valence-electron chi connectivity index (χ3n) is 4.30. The SMILES string of the molecule is Cc1ccc(-c2nnc(CN(C)C(=O)[C@@H](C)Oc3ccc(Cl)c(C)c3)o2)cc1. The number of carbonyl (C=O) groups is 1. The van der Waals surface area contributed by atoms with Crippen LogP contribution in [-0.4, -0.2) is 34.2 Å². The number of amides is 1. The standard InChI is InChI=1S/C21H22ClN3O3/c1-13-5-7-16(8-6-13)20-24-23-19(28-20)12-25(4)21(26)15(3)27-17-9-10-18(22)14(2)11-17/h5-11,15H,12H2,1-4H3/t15-/m1/s1. The van der Waals surface area contributed by atoms with Crippen molar-refractivity contribution >= 4 is 17.5 Å². The van der Waals surface area contributed by atoms with Crippen LogP contribution in [-0.2, 0) is 11.3 Å². The highest BCUT2D eigenvalue weighted by Crippen LogP contribution is 2.22. The fourth-order valence-corrected chi connectivity index (χ4v) is 2.78. The van der Waals surface area contributed by atoms with Gasteiger partial charge in [-0.2, -0.15) is 0 Å². The summed E-state index contributed by atoms with van der Waals surface area (Å²) < 4.78 is 11.4. The van der Waals surface area contributed by atoms with Crippen LogP contribution < -0.4 is 4.74 Å². The lowest BCUT2D eigenvalue weighted by Crippen LogP contribution is -2.37. The molecule has 0 aliphatic rings. The average molecular weight is 400 g/mol. The molecule has 0 fully saturated rings. The molecule has 1 aromatic heterocycles. The summed E-state index contributed by atoms with van der Waals surface area (Å²) in [5, 5.41) is 8.75. The van der Waals surface area contributed by atoms with Gasteiger partial charge >= 0.3 is 0 Å². The second kappa shape index (κ2) is 8.44. The van der Waals surface area contributed by atoms with Crippen molar-refractivity contribution in [3.63, 3.8) is 0 Å². The van der Waals surface area contributed by atoms with Crippen molar-refractivity contribution in [3.05, 3.63) is 64.5 Å². The molecule has 2 aromatic carbocycles. The van der Waals surface area contributed by atoms with Gasteiger partial charge in [0.15, 0.2) is 6.10 Å². The third kappa shape index (κ3) is 4.70. The second-order valence-electron chi connectivity index (χ2n) is 6.73. The molecule has 28 heavy (non-hydrogen) atoms. The Morgan fingerprint density at radius 3 is 2.57 bits per heavy atom. The molecule has 1 atom stereocenters. The van der Waals surface area contributed by atoms with Crippen molar-refractivity contribution in [2.24, 2.45) is 0 Å². The van der Waals surface area contributed by atoms with Crippen molar-refractivity contribution < 1.29 is 13.9 Å². The first-order chi connectivity index (χ1) is 13.3. The van der Waals surface area contributed by atoms with Crippen LogP contribution in [0.3, 0.4) is 0 Å². The summed E-state index contributed by atoms with van der Waals surface area (Å²) in [7, 11) is 1.67. The smallest absolute Gasteiger partial charge is 0.263 e. The van der Waals surface area contributed by atoms with Crippen molar-refractivity contribution in [1.82, 2.24) is 15.1 Å².